The number of anilines is 1. The fourth-order valence-corrected chi connectivity index (χ4v) is 2.32. The Bertz CT molecular complexity index is 768. The van der Waals surface area contributed by atoms with Gasteiger partial charge in [0.25, 0.3) is 0 Å². The Morgan fingerprint density at radius 2 is 1.89 bits per heavy atom. The van der Waals surface area contributed by atoms with Crippen LogP contribution in [0.15, 0.2) is 42.7 Å². The van der Waals surface area contributed by atoms with Crippen LogP contribution in [0, 0.1) is 6.92 Å². The summed E-state index contributed by atoms with van der Waals surface area (Å²) in [5.74, 6) is 0.492. The van der Waals surface area contributed by atoms with Crippen LogP contribution in [0.5, 0.6) is 0 Å². The summed E-state index contributed by atoms with van der Waals surface area (Å²) in [5.41, 5.74) is 10.1. The SMILES string of the molecule is Cc1ccc(Cl)cc1-c1ccc2ncnc(N)c2c1. The van der Waals surface area contributed by atoms with Gasteiger partial charge in [0.15, 0.2) is 0 Å². The molecular weight excluding hydrogens is 258 g/mol. The van der Waals surface area contributed by atoms with Crippen LogP contribution in [0.2, 0.25) is 5.02 Å². The maximum absolute atomic E-state index is 6.07. The van der Waals surface area contributed by atoms with Crippen LogP contribution in [0.1, 0.15) is 5.56 Å². The molecule has 3 aromatic rings. The second-order valence-corrected chi connectivity index (χ2v) is 4.89. The average Bonchev–Trinajstić information content (AvgIpc) is 2.42. The summed E-state index contributed by atoms with van der Waals surface area (Å²) in [5, 5.41) is 1.58. The van der Waals surface area contributed by atoms with Gasteiger partial charge in [-0.3, -0.25) is 0 Å². The van der Waals surface area contributed by atoms with E-state index in [1.54, 1.807) is 0 Å². The molecule has 0 aliphatic carbocycles. The number of halogens is 1. The number of rotatable bonds is 1. The Morgan fingerprint density at radius 3 is 2.74 bits per heavy atom. The van der Waals surface area contributed by atoms with Crippen molar-refractivity contribution in [1.82, 2.24) is 9.97 Å². The first-order valence-corrected chi connectivity index (χ1v) is 6.30. The molecule has 1 aromatic heterocycles. The van der Waals surface area contributed by atoms with Crippen LogP contribution in [0.4, 0.5) is 5.82 Å². The predicted molar refractivity (Wildman–Crippen MR) is 79.1 cm³/mol. The van der Waals surface area contributed by atoms with Crippen LogP contribution in [0.3, 0.4) is 0 Å². The summed E-state index contributed by atoms with van der Waals surface area (Å²) in [7, 11) is 0. The van der Waals surface area contributed by atoms with Crippen molar-refractivity contribution in [3.05, 3.63) is 53.3 Å². The van der Waals surface area contributed by atoms with Gasteiger partial charge in [-0.25, -0.2) is 9.97 Å². The number of hydrogen-bond donors (Lipinski definition) is 1. The molecule has 3 nitrogen and oxygen atoms in total. The largest absolute Gasteiger partial charge is 0.383 e. The minimum absolute atomic E-state index is 0.492. The average molecular weight is 270 g/mol. The summed E-state index contributed by atoms with van der Waals surface area (Å²) in [6, 6.07) is 11.8. The van der Waals surface area contributed by atoms with Crippen LogP contribution < -0.4 is 5.73 Å². The fourth-order valence-electron chi connectivity index (χ4n) is 2.15. The maximum atomic E-state index is 6.07. The zero-order valence-electron chi connectivity index (χ0n) is 10.4. The molecule has 0 aliphatic heterocycles. The normalized spacial score (nSPS) is 10.8. The zero-order valence-corrected chi connectivity index (χ0v) is 11.1. The van der Waals surface area contributed by atoms with Crippen LogP contribution >= 0.6 is 11.6 Å². The van der Waals surface area contributed by atoms with Crippen molar-refractivity contribution in [2.75, 3.05) is 5.73 Å². The fraction of sp³-hybridized carbons (Fsp3) is 0.0667. The van der Waals surface area contributed by atoms with E-state index in [9.17, 15) is 0 Å². The van der Waals surface area contributed by atoms with Gasteiger partial charge in [-0.15, -0.1) is 0 Å². The monoisotopic (exact) mass is 269 g/mol. The molecule has 94 valence electrons. The number of benzene rings is 2. The lowest BCUT2D eigenvalue weighted by molar-refractivity contribution is 1.23. The lowest BCUT2D eigenvalue weighted by Crippen LogP contribution is -1.93. The van der Waals surface area contributed by atoms with Crippen LogP contribution in [0.25, 0.3) is 22.0 Å². The van der Waals surface area contributed by atoms with Crippen LogP contribution in [-0.2, 0) is 0 Å². The number of fused-ring (bicyclic) bond motifs is 1. The van der Waals surface area contributed by atoms with Gasteiger partial charge in [0.2, 0.25) is 0 Å². The van der Waals surface area contributed by atoms with E-state index in [1.165, 1.54) is 11.9 Å². The standard InChI is InChI=1S/C15H12ClN3/c1-9-2-4-11(16)7-12(9)10-3-5-14-13(6-10)15(17)19-8-18-14/h2-8H,1H3,(H2,17,18,19). The molecule has 0 saturated carbocycles. The molecule has 0 spiro atoms. The van der Waals surface area contributed by atoms with Crippen molar-refractivity contribution in [2.24, 2.45) is 0 Å². The van der Waals surface area contributed by atoms with Gasteiger partial charge in [0.05, 0.1) is 5.52 Å². The topological polar surface area (TPSA) is 51.8 Å². The number of nitrogens with zero attached hydrogens (tertiary/aromatic N) is 2. The van der Waals surface area contributed by atoms with E-state index in [2.05, 4.69) is 16.9 Å². The Morgan fingerprint density at radius 1 is 1.05 bits per heavy atom. The molecule has 4 heteroatoms. The lowest BCUT2D eigenvalue weighted by atomic mass is 9.99. The molecular formula is C15H12ClN3. The van der Waals surface area contributed by atoms with E-state index in [4.69, 9.17) is 17.3 Å². The van der Waals surface area contributed by atoms with Crippen molar-refractivity contribution in [1.29, 1.82) is 0 Å². The predicted octanol–water partition coefficient (Wildman–Crippen LogP) is 3.84. The Labute approximate surface area is 116 Å². The van der Waals surface area contributed by atoms with Gasteiger partial charge in [-0.05, 0) is 47.9 Å². The second-order valence-electron chi connectivity index (χ2n) is 4.45. The molecule has 2 N–H and O–H groups in total. The van der Waals surface area contributed by atoms with E-state index in [0.29, 0.717) is 5.82 Å². The molecule has 0 amide bonds. The van der Waals surface area contributed by atoms with Gasteiger partial charge < -0.3 is 5.73 Å². The second kappa shape index (κ2) is 4.52. The summed E-state index contributed by atoms with van der Waals surface area (Å²) < 4.78 is 0. The van der Waals surface area contributed by atoms with Crippen molar-refractivity contribution in [2.45, 2.75) is 6.92 Å². The van der Waals surface area contributed by atoms with Crippen molar-refractivity contribution in [3.63, 3.8) is 0 Å². The molecule has 0 bridgehead atoms. The van der Waals surface area contributed by atoms with Crippen molar-refractivity contribution < 1.29 is 0 Å². The van der Waals surface area contributed by atoms with Crippen molar-refractivity contribution >= 4 is 28.3 Å². The Hall–Kier alpha value is -2.13. The number of hydrogen-bond acceptors (Lipinski definition) is 3. The highest BCUT2D eigenvalue weighted by Gasteiger charge is 2.06. The molecule has 1 heterocycles. The highest BCUT2D eigenvalue weighted by Crippen LogP contribution is 2.29. The maximum Gasteiger partial charge on any atom is 0.134 e. The molecule has 19 heavy (non-hydrogen) atoms. The first kappa shape index (κ1) is 11.9. The number of nitrogens with two attached hydrogens (primary N) is 1. The number of nitrogen functional groups attached to an aromatic ring is 1. The first-order valence-electron chi connectivity index (χ1n) is 5.92. The number of aryl methyl sites for hydroxylation is 1. The van der Waals surface area contributed by atoms with E-state index in [0.717, 1.165) is 27.1 Å². The number of aromatic nitrogens is 2. The van der Waals surface area contributed by atoms with E-state index < -0.39 is 0 Å². The third-order valence-electron chi connectivity index (χ3n) is 3.18. The summed E-state index contributed by atoms with van der Waals surface area (Å²) >= 11 is 6.07. The molecule has 0 radical (unpaired) electrons. The summed E-state index contributed by atoms with van der Waals surface area (Å²) in [6.45, 7) is 2.06. The minimum Gasteiger partial charge on any atom is -0.383 e. The molecule has 2 aromatic carbocycles. The van der Waals surface area contributed by atoms with Gasteiger partial charge in [0.1, 0.15) is 12.1 Å². The summed E-state index contributed by atoms with van der Waals surface area (Å²) in [4.78, 5) is 8.22. The zero-order chi connectivity index (χ0) is 13.4. The molecule has 0 aliphatic rings. The molecule has 3 rings (SSSR count). The summed E-state index contributed by atoms with van der Waals surface area (Å²) in [6.07, 6.45) is 1.47. The third kappa shape index (κ3) is 2.13. The third-order valence-corrected chi connectivity index (χ3v) is 3.41. The smallest absolute Gasteiger partial charge is 0.134 e. The van der Waals surface area contributed by atoms with E-state index in [-0.39, 0.29) is 0 Å². The van der Waals surface area contributed by atoms with E-state index in [1.807, 2.05) is 36.4 Å². The van der Waals surface area contributed by atoms with Crippen molar-refractivity contribution in [3.8, 4) is 11.1 Å². The highest BCUT2D eigenvalue weighted by atomic mass is 35.5. The van der Waals surface area contributed by atoms with Gasteiger partial charge >= 0.3 is 0 Å². The molecule has 0 saturated heterocycles. The highest BCUT2D eigenvalue weighted by molar-refractivity contribution is 6.30. The Kier molecular flexibility index (Phi) is 2.84. The quantitative estimate of drug-likeness (QED) is 0.730. The molecule has 0 atom stereocenters. The minimum atomic E-state index is 0.492. The first-order chi connectivity index (χ1) is 9.15. The van der Waals surface area contributed by atoms with Gasteiger partial charge in [-0.1, -0.05) is 23.7 Å². The molecule has 0 unspecified atom stereocenters. The van der Waals surface area contributed by atoms with Gasteiger partial charge in [-0.2, -0.15) is 0 Å². The molecule has 0 fully saturated rings. The van der Waals surface area contributed by atoms with Crippen LogP contribution in [-0.4, -0.2) is 9.97 Å². The van der Waals surface area contributed by atoms with Gasteiger partial charge in [0, 0.05) is 10.4 Å². The van der Waals surface area contributed by atoms with E-state index >= 15 is 0 Å². The Balaban J connectivity index is 2.26. The lowest BCUT2D eigenvalue weighted by Gasteiger charge is -2.08.